The molecule has 2 heterocycles. The molecule has 6 nitrogen and oxygen atoms in total. The molecule has 6 rings (SSSR count). The summed E-state index contributed by atoms with van der Waals surface area (Å²) in [4.78, 5) is 23.7. The second-order valence-electron chi connectivity index (χ2n) is 10.4. The number of halogens is 2. The van der Waals surface area contributed by atoms with Crippen molar-refractivity contribution in [1.29, 1.82) is 0 Å². The molecule has 0 atom stereocenters. The standard InChI is InChI=1S/2C17H16N2O.2ClH.Zr/c2*1-10-8-11(2)15(12(3)9-10)16-13-6-4-5-7-14(13)17(20)19-18-16;;;/h2*4-9H,1-3H3,(H,19,20);2*1H;/q;;;;+2/p-2. The minimum Gasteiger partial charge on any atom is -1.00 e. The molecule has 0 radical (unpaired) electrons. The van der Waals surface area contributed by atoms with Crippen LogP contribution in [0.1, 0.15) is 33.4 Å². The van der Waals surface area contributed by atoms with Crippen molar-refractivity contribution in [2.75, 3.05) is 0 Å². The summed E-state index contributed by atoms with van der Waals surface area (Å²) in [5.74, 6) is 0. The van der Waals surface area contributed by atoms with Gasteiger partial charge in [-0.25, -0.2) is 10.2 Å². The second kappa shape index (κ2) is 14.9. The van der Waals surface area contributed by atoms with Gasteiger partial charge in [-0.05, 0) is 75.9 Å². The van der Waals surface area contributed by atoms with Crippen LogP contribution in [0.4, 0.5) is 0 Å². The largest absolute Gasteiger partial charge is 2.00 e. The van der Waals surface area contributed by atoms with Crippen LogP contribution < -0.4 is 35.9 Å². The second-order valence-corrected chi connectivity index (χ2v) is 10.4. The molecular weight excluding hydrogens is 659 g/mol. The van der Waals surface area contributed by atoms with E-state index in [0.717, 1.165) is 33.3 Å². The van der Waals surface area contributed by atoms with Crippen LogP contribution in [0.3, 0.4) is 0 Å². The molecule has 0 unspecified atom stereocenters. The topological polar surface area (TPSA) is 91.5 Å². The van der Waals surface area contributed by atoms with Crippen molar-refractivity contribution in [2.45, 2.75) is 41.5 Å². The molecule has 43 heavy (non-hydrogen) atoms. The molecule has 0 fully saturated rings. The first-order chi connectivity index (χ1) is 19.2. The van der Waals surface area contributed by atoms with Gasteiger partial charge < -0.3 is 24.8 Å². The summed E-state index contributed by atoms with van der Waals surface area (Å²) in [5, 5.41) is 16.9. The third-order valence-corrected chi connectivity index (χ3v) is 7.22. The molecule has 0 aliphatic rings. The van der Waals surface area contributed by atoms with Gasteiger partial charge >= 0.3 is 26.2 Å². The minimum absolute atomic E-state index is 0. The van der Waals surface area contributed by atoms with E-state index in [0.29, 0.717) is 10.8 Å². The van der Waals surface area contributed by atoms with Crippen LogP contribution in [-0.2, 0) is 26.2 Å². The number of aryl methyl sites for hydroxylation is 6. The predicted molar refractivity (Wildman–Crippen MR) is 164 cm³/mol. The molecule has 2 aromatic heterocycles. The van der Waals surface area contributed by atoms with Gasteiger partial charge in [0, 0.05) is 21.9 Å². The van der Waals surface area contributed by atoms with Crippen molar-refractivity contribution in [3.05, 3.63) is 127 Å². The zero-order valence-electron chi connectivity index (χ0n) is 24.9. The molecule has 0 aliphatic carbocycles. The molecule has 4 aromatic carbocycles. The summed E-state index contributed by atoms with van der Waals surface area (Å²) < 4.78 is 0. The number of hydrogen-bond donors (Lipinski definition) is 2. The fourth-order valence-corrected chi connectivity index (χ4v) is 5.72. The normalized spacial score (nSPS) is 10.2. The fourth-order valence-electron chi connectivity index (χ4n) is 5.72. The number of rotatable bonds is 2. The quantitative estimate of drug-likeness (QED) is 0.284. The molecule has 0 amide bonds. The van der Waals surface area contributed by atoms with E-state index in [1.165, 1.54) is 33.4 Å². The van der Waals surface area contributed by atoms with Gasteiger partial charge in [0.25, 0.3) is 11.1 Å². The first-order valence-corrected chi connectivity index (χ1v) is 13.3. The van der Waals surface area contributed by atoms with E-state index in [2.05, 4.69) is 86.2 Å². The van der Waals surface area contributed by atoms with Gasteiger partial charge in [-0.15, -0.1) is 0 Å². The van der Waals surface area contributed by atoms with Gasteiger partial charge in [0.2, 0.25) is 0 Å². The number of nitrogens with zero attached hydrogens (tertiary/aromatic N) is 2. The van der Waals surface area contributed by atoms with E-state index in [4.69, 9.17) is 0 Å². The molecule has 0 aliphatic heterocycles. The van der Waals surface area contributed by atoms with Crippen LogP contribution in [0.25, 0.3) is 44.1 Å². The Bertz CT molecular complexity index is 1840. The molecule has 218 valence electrons. The summed E-state index contributed by atoms with van der Waals surface area (Å²) in [6.45, 7) is 12.5. The van der Waals surface area contributed by atoms with E-state index in [9.17, 15) is 9.59 Å². The van der Waals surface area contributed by atoms with E-state index in [1.54, 1.807) is 0 Å². The Balaban J connectivity index is 0.000000281. The number of aromatic nitrogens is 4. The number of fused-ring (bicyclic) bond motifs is 2. The summed E-state index contributed by atoms with van der Waals surface area (Å²) in [5.41, 5.74) is 10.8. The zero-order valence-corrected chi connectivity index (χ0v) is 28.9. The van der Waals surface area contributed by atoms with Gasteiger partial charge in [-0.3, -0.25) is 9.59 Å². The van der Waals surface area contributed by atoms with Crippen LogP contribution in [0.5, 0.6) is 0 Å². The van der Waals surface area contributed by atoms with E-state index < -0.39 is 0 Å². The van der Waals surface area contributed by atoms with Crippen molar-refractivity contribution >= 4 is 21.5 Å². The molecule has 0 saturated carbocycles. The van der Waals surface area contributed by atoms with Crippen LogP contribution in [0.2, 0.25) is 0 Å². The maximum atomic E-state index is 11.9. The number of aromatic amines is 2. The molecular formula is C34H32Cl2N4O2Zr. The van der Waals surface area contributed by atoms with Crippen LogP contribution in [-0.4, -0.2) is 20.4 Å². The monoisotopic (exact) mass is 688 g/mol. The van der Waals surface area contributed by atoms with Crippen LogP contribution >= 0.6 is 0 Å². The molecule has 6 aromatic rings. The third-order valence-electron chi connectivity index (χ3n) is 7.22. The summed E-state index contributed by atoms with van der Waals surface area (Å²) in [7, 11) is 0. The molecule has 0 spiro atoms. The van der Waals surface area contributed by atoms with Crippen molar-refractivity contribution in [1.82, 2.24) is 20.4 Å². The smallest absolute Gasteiger partial charge is 1.00 e. The van der Waals surface area contributed by atoms with Gasteiger partial charge in [-0.2, -0.15) is 10.2 Å². The summed E-state index contributed by atoms with van der Waals surface area (Å²) in [6, 6.07) is 23.7. The zero-order chi connectivity index (χ0) is 28.6. The first-order valence-electron chi connectivity index (χ1n) is 13.3. The van der Waals surface area contributed by atoms with E-state index >= 15 is 0 Å². The molecule has 0 bridgehead atoms. The Labute approximate surface area is 282 Å². The number of hydrogen-bond acceptors (Lipinski definition) is 4. The van der Waals surface area contributed by atoms with Crippen molar-refractivity contribution in [2.24, 2.45) is 0 Å². The number of H-pyrrole nitrogens is 2. The summed E-state index contributed by atoms with van der Waals surface area (Å²) in [6.07, 6.45) is 0. The first kappa shape index (κ1) is 35.8. The van der Waals surface area contributed by atoms with Gasteiger partial charge in [-0.1, -0.05) is 71.8 Å². The maximum Gasteiger partial charge on any atom is 2.00 e. The van der Waals surface area contributed by atoms with Crippen LogP contribution in [0.15, 0.2) is 82.4 Å². The van der Waals surface area contributed by atoms with Gasteiger partial charge in [0.05, 0.1) is 22.2 Å². The van der Waals surface area contributed by atoms with Gasteiger partial charge in [0.1, 0.15) is 0 Å². The average Bonchev–Trinajstić information content (AvgIpc) is 2.91. The molecule has 9 heteroatoms. The fraction of sp³-hybridized carbons (Fsp3) is 0.176. The minimum atomic E-state index is -0.147. The number of nitrogens with one attached hydrogen (secondary N) is 2. The van der Waals surface area contributed by atoms with Crippen molar-refractivity contribution < 1.29 is 51.0 Å². The SMILES string of the molecule is Cc1cc(C)c(-c2n[nH]c(=O)c3ccccc23)c(C)c1.Cc1cc(C)c(-c2n[nH]c(=O)c3ccccc23)c(C)c1.[Cl-].[Cl-].[Zr+2]. The summed E-state index contributed by atoms with van der Waals surface area (Å²) >= 11 is 0. The predicted octanol–water partition coefficient (Wildman–Crippen LogP) is 1.04. The Morgan fingerprint density at radius 3 is 1.07 bits per heavy atom. The Morgan fingerprint density at radius 1 is 0.488 bits per heavy atom. The van der Waals surface area contributed by atoms with Gasteiger partial charge in [0.15, 0.2) is 0 Å². The molecule has 0 saturated heterocycles. The van der Waals surface area contributed by atoms with Crippen molar-refractivity contribution in [3.8, 4) is 22.5 Å². The Morgan fingerprint density at radius 2 is 0.767 bits per heavy atom. The Hall–Kier alpha value is -3.38. The van der Waals surface area contributed by atoms with E-state index in [-0.39, 0.29) is 62.1 Å². The Kier molecular flexibility index (Phi) is 12.4. The average molecular weight is 691 g/mol. The van der Waals surface area contributed by atoms with Crippen molar-refractivity contribution in [3.63, 3.8) is 0 Å². The number of benzene rings is 4. The molecule has 2 N–H and O–H groups in total. The van der Waals surface area contributed by atoms with Crippen LogP contribution in [0, 0.1) is 41.5 Å². The third kappa shape index (κ3) is 7.23. The van der Waals surface area contributed by atoms with E-state index in [1.807, 2.05) is 48.5 Å². The maximum absolute atomic E-state index is 11.9.